The number of fused-ring (bicyclic) bond motifs is 1. The zero-order valence-corrected chi connectivity index (χ0v) is 10.7. The predicted molar refractivity (Wildman–Crippen MR) is 66.9 cm³/mol. The summed E-state index contributed by atoms with van der Waals surface area (Å²) in [6.07, 6.45) is 1.40. The first-order chi connectivity index (χ1) is 8.63. The Bertz CT molecular complexity index is 642. The van der Waals surface area contributed by atoms with Gasteiger partial charge < -0.3 is 18.6 Å². The predicted octanol–water partition coefficient (Wildman–Crippen LogP) is 2.13. The van der Waals surface area contributed by atoms with Gasteiger partial charge in [0.1, 0.15) is 0 Å². The average Bonchev–Trinajstić information content (AvgIpc) is 2.40. The van der Waals surface area contributed by atoms with Crippen LogP contribution < -0.4 is 19.8 Å². The molecule has 1 aromatic carbocycles. The van der Waals surface area contributed by atoms with E-state index in [1.807, 2.05) is 6.92 Å². The molecule has 18 heavy (non-hydrogen) atoms. The summed E-state index contributed by atoms with van der Waals surface area (Å²) >= 11 is 0. The van der Waals surface area contributed by atoms with Gasteiger partial charge in [-0.05, 0) is 18.6 Å². The fourth-order valence-electron chi connectivity index (χ4n) is 1.97. The second-order valence-electron chi connectivity index (χ2n) is 3.77. The highest BCUT2D eigenvalue weighted by atomic mass is 16.5. The Morgan fingerprint density at radius 2 is 1.72 bits per heavy atom. The minimum absolute atomic E-state index is 0.407. The summed E-state index contributed by atoms with van der Waals surface area (Å²) in [5, 5.41) is 1.08. The summed E-state index contributed by atoms with van der Waals surface area (Å²) in [5.74, 6) is 1.36. The fourth-order valence-corrected chi connectivity index (χ4v) is 1.97. The van der Waals surface area contributed by atoms with Crippen molar-refractivity contribution >= 4 is 10.8 Å². The monoisotopic (exact) mass is 250 g/mol. The SMILES string of the molecule is COc1cc2c(=O)occ(C)c2c(OC)c1OC. The lowest BCUT2D eigenvalue weighted by molar-refractivity contribution is 0.327. The van der Waals surface area contributed by atoms with Crippen LogP contribution in [0.2, 0.25) is 0 Å². The van der Waals surface area contributed by atoms with Crippen LogP contribution in [0, 0.1) is 6.92 Å². The van der Waals surface area contributed by atoms with Crippen LogP contribution >= 0.6 is 0 Å². The molecule has 96 valence electrons. The second kappa shape index (κ2) is 4.60. The van der Waals surface area contributed by atoms with Gasteiger partial charge in [-0.3, -0.25) is 0 Å². The third-order valence-electron chi connectivity index (χ3n) is 2.79. The van der Waals surface area contributed by atoms with E-state index in [0.29, 0.717) is 28.0 Å². The van der Waals surface area contributed by atoms with Crippen LogP contribution in [-0.2, 0) is 0 Å². The van der Waals surface area contributed by atoms with Crippen molar-refractivity contribution in [2.24, 2.45) is 0 Å². The molecule has 0 spiro atoms. The van der Waals surface area contributed by atoms with Crippen LogP contribution in [0.3, 0.4) is 0 Å². The van der Waals surface area contributed by atoms with Crippen LogP contribution in [0.15, 0.2) is 21.5 Å². The maximum Gasteiger partial charge on any atom is 0.343 e. The first kappa shape index (κ1) is 12.3. The molecule has 0 unspecified atom stereocenters. The highest BCUT2D eigenvalue weighted by Gasteiger charge is 2.19. The van der Waals surface area contributed by atoms with Crippen LogP contribution in [0.4, 0.5) is 0 Å². The number of benzene rings is 1. The van der Waals surface area contributed by atoms with Gasteiger partial charge in [0.25, 0.3) is 0 Å². The third kappa shape index (κ3) is 1.68. The Kier molecular flexibility index (Phi) is 3.14. The van der Waals surface area contributed by atoms with Gasteiger partial charge in [-0.15, -0.1) is 0 Å². The molecule has 0 aliphatic carbocycles. The third-order valence-corrected chi connectivity index (χ3v) is 2.79. The molecule has 0 N–H and O–H groups in total. The molecule has 5 heteroatoms. The van der Waals surface area contributed by atoms with Gasteiger partial charge in [0.05, 0.1) is 33.0 Å². The van der Waals surface area contributed by atoms with Crippen molar-refractivity contribution in [1.29, 1.82) is 0 Å². The number of rotatable bonds is 3. The quantitative estimate of drug-likeness (QED) is 0.835. The normalized spacial score (nSPS) is 10.4. The van der Waals surface area contributed by atoms with Crippen LogP contribution in [-0.4, -0.2) is 21.3 Å². The molecule has 0 bridgehead atoms. The minimum Gasteiger partial charge on any atom is -0.493 e. The van der Waals surface area contributed by atoms with Crippen molar-refractivity contribution in [3.05, 3.63) is 28.3 Å². The largest absolute Gasteiger partial charge is 0.493 e. The molecule has 5 nitrogen and oxygen atoms in total. The second-order valence-corrected chi connectivity index (χ2v) is 3.77. The van der Waals surface area contributed by atoms with Gasteiger partial charge in [-0.2, -0.15) is 0 Å². The number of hydrogen-bond donors (Lipinski definition) is 0. The summed E-state index contributed by atoms with van der Waals surface area (Å²) < 4.78 is 20.8. The maximum absolute atomic E-state index is 11.7. The number of aryl methyl sites for hydroxylation is 1. The maximum atomic E-state index is 11.7. The van der Waals surface area contributed by atoms with Gasteiger partial charge in [0.2, 0.25) is 5.75 Å². The first-order valence-corrected chi connectivity index (χ1v) is 5.35. The molecular weight excluding hydrogens is 236 g/mol. The molecule has 0 saturated carbocycles. The van der Waals surface area contributed by atoms with Gasteiger partial charge in [-0.25, -0.2) is 4.79 Å². The number of ether oxygens (including phenoxy) is 3. The first-order valence-electron chi connectivity index (χ1n) is 5.35. The summed E-state index contributed by atoms with van der Waals surface area (Å²) in [5.41, 5.74) is 0.359. The fraction of sp³-hybridized carbons (Fsp3) is 0.308. The van der Waals surface area contributed by atoms with E-state index in [0.717, 1.165) is 5.56 Å². The topological polar surface area (TPSA) is 57.9 Å². The van der Waals surface area contributed by atoms with Gasteiger partial charge >= 0.3 is 5.63 Å². The summed E-state index contributed by atoms with van der Waals surface area (Å²) in [7, 11) is 4.54. The lowest BCUT2D eigenvalue weighted by atomic mass is 10.1. The van der Waals surface area contributed by atoms with Gasteiger partial charge in [0.15, 0.2) is 11.5 Å². The van der Waals surface area contributed by atoms with Crippen molar-refractivity contribution in [2.45, 2.75) is 6.92 Å². The van der Waals surface area contributed by atoms with Gasteiger partial charge in [-0.1, -0.05) is 0 Å². The average molecular weight is 250 g/mol. The molecule has 0 fully saturated rings. The molecule has 0 radical (unpaired) electrons. The lowest BCUT2D eigenvalue weighted by Crippen LogP contribution is -2.04. The minimum atomic E-state index is -0.435. The molecule has 1 aromatic heterocycles. The Morgan fingerprint density at radius 3 is 2.28 bits per heavy atom. The molecule has 0 saturated heterocycles. The van der Waals surface area contributed by atoms with E-state index >= 15 is 0 Å². The highest BCUT2D eigenvalue weighted by molar-refractivity contribution is 5.94. The van der Waals surface area contributed by atoms with Crippen LogP contribution in [0.5, 0.6) is 17.2 Å². The molecule has 0 aliphatic heterocycles. The highest BCUT2D eigenvalue weighted by Crippen LogP contribution is 2.43. The van der Waals surface area contributed by atoms with E-state index in [-0.39, 0.29) is 0 Å². The Morgan fingerprint density at radius 1 is 1.06 bits per heavy atom. The molecule has 2 rings (SSSR count). The number of hydrogen-bond acceptors (Lipinski definition) is 5. The Labute approximate surface area is 104 Å². The smallest absolute Gasteiger partial charge is 0.343 e. The van der Waals surface area contributed by atoms with Gasteiger partial charge in [0, 0.05) is 5.39 Å². The Hall–Kier alpha value is -2.17. The van der Waals surface area contributed by atoms with Crippen LogP contribution in [0.1, 0.15) is 5.56 Å². The van der Waals surface area contributed by atoms with E-state index in [4.69, 9.17) is 18.6 Å². The Balaban J connectivity index is 3.01. The molecule has 0 amide bonds. The standard InChI is InChI=1S/C13H14O5/c1-7-6-18-13(14)8-5-9(15-2)11(16-3)12(17-4)10(7)8/h5-6H,1-4H3. The molecule has 0 aliphatic rings. The van der Waals surface area contributed by atoms with E-state index in [9.17, 15) is 4.79 Å². The van der Waals surface area contributed by atoms with Crippen molar-refractivity contribution in [2.75, 3.05) is 21.3 Å². The summed E-state index contributed by atoms with van der Waals surface area (Å²) in [6.45, 7) is 1.83. The van der Waals surface area contributed by atoms with Crippen molar-refractivity contribution in [3.8, 4) is 17.2 Å². The molecule has 1 heterocycles. The van der Waals surface area contributed by atoms with Crippen molar-refractivity contribution in [1.82, 2.24) is 0 Å². The summed E-state index contributed by atoms with van der Waals surface area (Å²) in [4.78, 5) is 11.7. The van der Waals surface area contributed by atoms with Crippen molar-refractivity contribution in [3.63, 3.8) is 0 Å². The molecular formula is C13H14O5. The molecule has 0 atom stereocenters. The van der Waals surface area contributed by atoms with E-state index in [2.05, 4.69) is 0 Å². The zero-order valence-electron chi connectivity index (χ0n) is 10.7. The van der Waals surface area contributed by atoms with Crippen molar-refractivity contribution < 1.29 is 18.6 Å². The lowest BCUT2D eigenvalue weighted by Gasteiger charge is -2.15. The number of methoxy groups -OCH3 is 3. The summed E-state index contributed by atoms with van der Waals surface area (Å²) in [6, 6.07) is 1.59. The molecule has 2 aromatic rings. The zero-order chi connectivity index (χ0) is 13.3. The van der Waals surface area contributed by atoms with E-state index in [1.54, 1.807) is 6.07 Å². The van der Waals surface area contributed by atoms with Crippen LogP contribution in [0.25, 0.3) is 10.8 Å². The van der Waals surface area contributed by atoms with E-state index in [1.165, 1.54) is 27.6 Å². The van der Waals surface area contributed by atoms with E-state index < -0.39 is 5.63 Å².